The van der Waals surface area contributed by atoms with Gasteiger partial charge in [-0.15, -0.1) is 0 Å². The number of aromatic nitrogens is 2. The summed E-state index contributed by atoms with van der Waals surface area (Å²) in [7, 11) is 0. The fraction of sp³-hybridized carbons (Fsp3) is 0.0741. The zero-order valence-electron chi connectivity index (χ0n) is 18.4. The second kappa shape index (κ2) is 9.41. The lowest BCUT2D eigenvalue weighted by Crippen LogP contribution is -1.99. The molecule has 7 heteroatoms. The van der Waals surface area contributed by atoms with Crippen molar-refractivity contribution in [1.29, 1.82) is 0 Å². The van der Waals surface area contributed by atoms with Gasteiger partial charge in [-0.3, -0.25) is 14.7 Å². The van der Waals surface area contributed by atoms with E-state index < -0.39 is 4.92 Å². The number of para-hydroxylation sites is 2. The molecule has 0 bridgehead atoms. The maximum atomic E-state index is 11.3. The van der Waals surface area contributed by atoms with Crippen molar-refractivity contribution < 1.29 is 9.66 Å². The summed E-state index contributed by atoms with van der Waals surface area (Å²) in [6.07, 6.45) is 0. The highest BCUT2D eigenvalue weighted by Gasteiger charge is 2.17. The molecule has 0 fully saturated rings. The van der Waals surface area contributed by atoms with Crippen molar-refractivity contribution in [3.05, 3.63) is 118 Å². The molecule has 0 atom stereocenters. The van der Waals surface area contributed by atoms with E-state index in [1.54, 1.807) is 17.8 Å². The molecular weight excluding hydrogens is 446 g/mol. The maximum absolute atomic E-state index is 11.3. The minimum atomic E-state index is -0.392. The molecule has 0 saturated heterocycles. The molecule has 1 aromatic heterocycles. The van der Waals surface area contributed by atoms with Crippen LogP contribution in [0.2, 0.25) is 0 Å². The molecule has 0 aliphatic carbocycles. The van der Waals surface area contributed by atoms with Gasteiger partial charge in [-0.1, -0.05) is 60.3 Å². The first-order valence-corrected chi connectivity index (χ1v) is 11.7. The van der Waals surface area contributed by atoms with Crippen molar-refractivity contribution in [2.45, 2.75) is 17.8 Å². The molecule has 0 aliphatic rings. The predicted molar refractivity (Wildman–Crippen MR) is 135 cm³/mol. The number of benzene rings is 4. The molecule has 5 aromatic rings. The van der Waals surface area contributed by atoms with E-state index in [0.717, 1.165) is 39.0 Å². The van der Waals surface area contributed by atoms with Gasteiger partial charge in [0.2, 0.25) is 0 Å². The van der Waals surface area contributed by atoms with Crippen molar-refractivity contribution >= 4 is 28.5 Å². The number of thioether (sulfide) groups is 1. The van der Waals surface area contributed by atoms with Gasteiger partial charge in [0, 0.05) is 17.9 Å². The highest BCUT2D eigenvalue weighted by molar-refractivity contribution is 7.98. The Bertz CT molecular complexity index is 1480. The molecule has 168 valence electrons. The molecular formula is C27H21N3O3S. The number of hydrogen-bond acceptors (Lipinski definition) is 5. The van der Waals surface area contributed by atoms with E-state index in [4.69, 9.17) is 9.72 Å². The summed E-state index contributed by atoms with van der Waals surface area (Å²) in [6, 6.07) is 30.5. The van der Waals surface area contributed by atoms with Crippen molar-refractivity contribution in [3.63, 3.8) is 0 Å². The molecule has 0 amide bonds. The van der Waals surface area contributed by atoms with Gasteiger partial charge in [0.05, 0.1) is 21.6 Å². The Balaban J connectivity index is 1.48. The first-order valence-electron chi connectivity index (χ1n) is 10.8. The number of fused-ring (bicyclic) bond motifs is 1. The van der Waals surface area contributed by atoms with Gasteiger partial charge in [0.1, 0.15) is 11.5 Å². The van der Waals surface area contributed by atoms with Crippen LogP contribution in [0.1, 0.15) is 11.1 Å². The van der Waals surface area contributed by atoms with E-state index in [2.05, 4.69) is 10.6 Å². The molecule has 0 saturated carbocycles. The average Bonchev–Trinajstić information content (AvgIpc) is 3.21. The van der Waals surface area contributed by atoms with Crippen LogP contribution in [-0.4, -0.2) is 14.5 Å². The first-order chi connectivity index (χ1) is 16.6. The smallest absolute Gasteiger partial charge is 0.271 e. The molecule has 34 heavy (non-hydrogen) atoms. The Morgan fingerprint density at radius 3 is 2.47 bits per heavy atom. The van der Waals surface area contributed by atoms with Crippen LogP contribution in [0.4, 0.5) is 5.69 Å². The summed E-state index contributed by atoms with van der Waals surface area (Å²) < 4.78 is 8.04. The van der Waals surface area contributed by atoms with Crippen molar-refractivity contribution in [2.24, 2.45) is 0 Å². The Kier molecular flexibility index (Phi) is 6.01. The van der Waals surface area contributed by atoms with Crippen molar-refractivity contribution in [3.8, 4) is 17.2 Å². The van der Waals surface area contributed by atoms with Crippen LogP contribution in [0.25, 0.3) is 16.7 Å². The second-order valence-corrected chi connectivity index (χ2v) is 8.74. The molecule has 0 radical (unpaired) electrons. The van der Waals surface area contributed by atoms with Crippen LogP contribution in [0.15, 0.2) is 102 Å². The number of aryl methyl sites for hydroxylation is 1. The molecule has 0 N–H and O–H groups in total. The minimum Gasteiger partial charge on any atom is -0.457 e. The maximum Gasteiger partial charge on any atom is 0.271 e. The summed E-state index contributed by atoms with van der Waals surface area (Å²) in [5.41, 5.74) is 4.66. The molecule has 5 rings (SSSR count). The van der Waals surface area contributed by atoms with Gasteiger partial charge in [0.15, 0.2) is 5.16 Å². The van der Waals surface area contributed by atoms with Crippen LogP contribution in [0, 0.1) is 17.0 Å². The van der Waals surface area contributed by atoms with E-state index in [9.17, 15) is 10.1 Å². The second-order valence-electron chi connectivity index (χ2n) is 7.80. The van der Waals surface area contributed by atoms with Gasteiger partial charge in [0.25, 0.3) is 5.69 Å². The van der Waals surface area contributed by atoms with Gasteiger partial charge in [-0.05, 0) is 54.4 Å². The number of imidazole rings is 1. The third-order valence-corrected chi connectivity index (χ3v) is 6.43. The average molecular weight is 468 g/mol. The number of hydrogen-bond donors (Lipinski definition) is 0. The SMILES string of the molecule is Cc1ccccc1-n1c(SCc2cccc(Oc3ccccc3)c2)nc2cc([N+](=O)[O-])ccc21. The molecule has 4 aromatic carbocycles. The highest BCUT2D eigenvalue weighted by Crippen LogP contribution is 2.33. The largest absolute Gasteiger partial charge is 0.457 e. The monoisotopic (exact) mass is 467 g/mol. The fourth-order valence-corrected chi connectivity index (χ4v) is 4.74. The normalized spacial score (nSPS) is 11.0. The molecule has 0 aliphatic heterocycles. The number of nitro groups is 1. The number of nitro benzene ring substituents is 1. The first kappa shape index (κ1) is 21.7. The number of non-ortho nitro benzene ring substituents is 1. The standard InChI is InChI=1S/C27H21N3O3S/c1-19-8-5-6-13-25(19)29-26-15-14-21(30(31)32)17-24(26)28-27(29)34-18-20-9-7-12-23(16-20)33-22-10-3-2-4-11-22/h2-17H,18H2,1H3. The third-order valence-electron chi connectivity index (χ3n) is 5.42. The Hall–Kier alpha value is -4.10. The third kappa shape index (κ3) is 4.51. The van der Waals surface area contributed by atoms with E-state index in [-0.39, 0.29) is 5.69 Å². The Morgan fingerprint density at radius 2 is 1.68 bits per heavy atom. The lowest BCUT2D eigenvalue weighted by Gasteiger charge is -2.12. The zero-order chi connectivity index (χ0) is 23.5. The van der Waals surface area contributed by atoms with Crippen LogP contribution in [0.3, 0.4) is 0 Å². The number of rotatable bonds is 7. The zero-order valence-corrected chi connectivity index (χ0v) is 19.2. The van der Waals surface area contributed by atoms with E-state index >= 15 is 0 Å². The minimum absolute atomic E-state index is 0.0317. The van der Waals surface area contributed by atoms with E-state index in [1.807, 2.05) is 79.7 Å². The van der Waals surface area contributed by atoms with Crippen LogP contribution < -0.4 is 4.74 Å². The number of ether oxygens (including phenoxy) is 1. The summed E-state index contributed by atoms with van der Waals surface area (Å²) in [6.45, 7) is 2.05. The van der Waals surface area contributed by atoms with Gasteiger partial charge in [-0.25, -0.2) is 4.98 Å². The highest BCUT2D eigenvalue weighted by atomic mass is 32.2. The van der Waals surface area contributed by atoms with Crippen molar-refractivity contribution in [2.75, 3.05) is 0 Å². The fourth-order valence-electron chi connectivity index (χ4n) is 3.78. The summed E-state index contributed by atoms with van der Waals surface area (Å²) in [4.78, 5) is 15.7. The van der Waals surface area contributed by atoms with Crippen molar-refractivity contribution in [1.82, 2.24) is 9.55 Å². The molecule has 1 heterocycles. The topological polar surface area (TPSA) is 70.2 Å². The van der Waals surface area contributed by atoms with Gasteiger partial charge >= 0.3 is 0 Å². The van der Waals surface area contributed by atoms with Gasteiger partial charge < -0.3 is 4.74 Å². The van der Waals surface area contributed by atoms with E-state index in [1.165, 1.54) is 12.1 Å². The number of nitrogens with zero attached hydrogens (tertiary/aromatic N) is 3. The van der Waals surface area contributed by atoms with Gasteiger partial charge in [-0.2, -0.15) is 0 Å². The molecule has 0 unspecified atom stereocenters. The Morgan fingerprint density at radius 1 is 0.912 bits per heavy atom. The quantitative estimate of drug-likeness (QED) is 0.142. The van der Waals surface area contributed by atoms with Crippen LogP contribution in [-0.2, 0) is 5.75 Å². The molecule has 0 spiro atoms. The van der Waals surface area contributed by atoms with Crippen LogP contribution >= 0.6 is 11.8 Å². The lowest BCUT2D eigenvalue weighted by molar-refractivity contribution is -0.384. The van der Waals surface area contributed by atoms with Crippen LogP contribution in [0.5, 0.6) is 11.5 Å². The lowest BCUT2D eigenvalue weighted by atomic mass is 10.2. The predicted octanol–water partition coefficient (Wildman–Crippen LogP) is 7.33. The summed E-state index contributed by atoms with van der Waals surface area (Å²) >= 11 is 1.59. The molecule has 6 nitrogen and oxygen atoms in total. The summed E-state index contributed by atoms with van der Waals surface area (Å²) in [5.74, 6) is 2.23. The van der Waals surface area contributed by atoms with E-state index in [0.29, 0.717) is 11.3 Å². The summed E-state index contributed by atoms with van der Waals surface area (Å²) in [5, 5.41) is 12.1. The Labute approximate surface area is 201 Å².